The van der Waals surface area contributed by atoms with Crippen molar-refractivity contribution >= 4 is 11.8 Å². The van der Waals surface area contributed by atoms with Gasteiger partial charge in [0.15, 0.2) is 5.69 Å². The van der Waals surface area contributed by atoms with Crippen molar-refractivity contribution in [2.75, 3.05) is 12.3 Å². The van der Waals surface area contributed by atoms with Gasteiger partial charge < -0.3 is 10.5 Å². The molecule has 1 aromatic heterocycles. The lowest BCUT2D eigenvalue weighted by Gasteiger charge is -2.09. The lowest BCUT2D eigenvalue weighted by atomic mass is 10.2. The van der Waals surface area contributed by atoms with Gasteiger partial charge in [0, 0.05) is 12.1 Å². The standard InChI is InChI=1S/C15H19N3O2/c1-4-12-17-13(15(19)20-5-2)14(16)18(12)11-8-6-7-10(3)9-11/h6-9H,4-5,16H2,1-3H3. The molecule has 1 aromatic carbocycles. The SMILES string of the molecule is CCOC(=O)c1nc(CC)n(-c2cccc(C)c2)c1N. The van der Waals surface area contributed by atoms with Crippen LogP contribution < -0.4 is 5.73 Å². The number of rotatable bonds is 4. The molecular formula is C15H19N3O2. The largest absolute Gasteiger partial charge is 0.461 e. The molecule has 2 N–H and O–H groups in total. The van der Waals surface area contributed by atoms with E-state index in [-0.39, 0.29) is 5.69 Å². The van der Waals surface area contributed by atoms with Crippen molar-refractivity contribution in [1.82, 2.24) is 9.55 Å². The second-order valence-electron chi connectivity index (χ2n) is 4.51. The van der Waals surface area contributed by atoms with E-state index in [0.29, 0.717) is 18.8 Å². The van der Waals surface area contributed by atoms with Gasteiger partial charge in [-0.05, 0) is 31.5 Å². The molecule has 0 aliphatic heterocycles. The van der Waals surface area contributed by atoms with E-state index in [1.165, 1.54) is 0 Å². The Kier molecular flexibility index (Phi) is 4.08. The molecule has 0 spiro atoms. The molecule has 0 fully saturated rings. The first-order valence-corrected chi connectivity index (χ1v) is 6.69. The number of aryl methyl sites for hydroxylation is 2. The Bertz CT molecular complexity index is 632. The minimum Gasteiger partial charge on any atom is -0.461 e. The molecule has 5 nitrogen and oxygen atoms in total. The summed E-state index contributed by atoms with van der Waals surface area (Å²) in [5, 5.41) is 0. The summed E-state index contributed by atoms with van der Waals surface area (Å²) in [5.41, 5.74) is 8.30. The van der Waals surface area contributed by atoms with Crippen LogP contribution in [-0.4, -0.2) is 22.1 Å². The summed E-state index contributed by atoms with van der Waals surface area (Å²) >= 11 is 0. The number of hydrogen-bond donors (Lipinski definition) is 1. The van der Waals surface area contributed by atoms with E-state index in [2.05, 4.69) is 4.98 Å². The molecule has 0 aliphatic rings. The lowest BCUT2D eigenvalue weighted by molar-refractivity contribution is 0.0521. The summed E-state index contributed by atoms with van der Waals surface area (Å²) < 4.78 is 6.79. The van der Waals surface area contributed by atoms with Crippen LogP contribution in [-0.2, 0) is 11.2 Å². The zero-order valence-corrected chi connectivity index (χ0v) is 12.0. The highest BCUT2D eigenvalue weighted by Gasteiger charge is 2.21. The Hall–Kier alpha value is -2.30. The van der Waals surface area contributed by atoms with Crippen molar-refractivity contribution < 1.29 is 9.53 Å². The van der Waals surface area contributed by atoms with Crippen molar-refractivity contribution in [3.05, 3.63) is 41.3 Å². The fraction of sp³-hybridized carbons (Fsp3) is 0.333. The topological polar surface area (TPSA) is 70.1 Å². The predicted molar refractivity (Wildman–Crippen MR) is 78.0 cm³/mol. The molecule has 0 atom stereocenters. The highest BCUT2D eigenvalue weighted by Crippen LogP contribution is 2.22. The molecule has 0 saturated heterocycles. The summed E-state index contributed by atoms with van der Waals surface area (Å²) in [6.45, 7) is 6.04. The van der Waals surface area contributed by atoms with E-state index in [1.807, 2.05) is 38.1 Å². The number of ether oxygens (including phenoxy) is 1. The minimum absolute atomic E-state index is 0.185. The Balaban J connectivity index is 2.55. The summed E-state index contributed by atoms with van der Waals surface area (Å²) in [5.74, 6) is 0.591. The van der Waals surface area contributed by atoms with Crippen LogP contribution in [0.25, 0.3) is 5.69 Å². The number of anilines is 1. The van der Waals surface area contributed by atoms with E-state index in [4.69, 9.17) is 10.5 Å². The number of carbonyl (C=O) groups excluding carboxylic acids is 1. The predicted octanol–water partition coefficient (Wildman–Crippen LogP) is 2.50. The quantitative estimate of drug-likeness (QED) is 0.869. The maximum atomic E-state index is 11.9. The molecule has 0 radical (unpaired) electrons. The van der Waals surface area contributed by atoms with Crippen molar-refractivity contribution in [3.8, 4) is 5.69 Å². The summed E-state index contributed by atoms with van der Waals surface area (Å²) in [4.78, 5) is 16.2. The van der Waals surface area contributed by atoms with Crippen LogP contribution in [0.3, 0.4) is 0 Å². The molecule has 2 aromatic rings. The van der Waals surface area contributed by atoms with E-state index in [0.717, 1.165) is 17.1 Å². The van der Waals surface area contributed by atoms with Crippen molar-refractivity contribution in [2.45, 2.75) is 27.2 Å². The fourth-order valence-electron chi connectivity index (χ4n) is 2.12. The van der Waals surface area contributed by atoms with Crippen molar-refractivity contribution in [1.29, 1.82) is 0 Å². The van der Waals surface area contributed by atoms with E-state index in [1.54, 1.807) is 11.5 Å². The molecule has 0 aliphatic carbocycles. The van der Waals surface area contributed by atoms with Crippen molar-refractivity contribution in [3.63, 3.8) is 0 Å². The highest BCUT2D eigenvalue weighted by atomic mass is 16.5. The molecule has 0 amide bonds. The van der Waals surface area contributed by atoms with Gasteiger partial charge in [0.25, 0.3) is 0 Å². The summed E-state index contributed by atoms with van der Waals surface area (Å²) in [6, 6.07) is 7.91. The number of benzene rings is 1. The number of hydrogen-bond acceptors (Lipinski definition) is 4. The Morgan fingerprint density at radius 2 is 2.15 bits per heavy atom. The number of nitrogen functional groups attached to an aromatic ring is 1. The number of nitrogens with two attached hydrogens (primary N) is 1. The maximum Gasteiger partial charge on any atom is 0.360 e. The van der Waals surface area contributed by atoms with Crippen LogP contribution in [0, 0.1) is 6.92 Å². The average molecular weight is 273 g/mol. The zero-order chi connectivity index (χ0) is 14.7. The highest BCUT2D eigenvalue weighted by molar-refractivity contribution is 5.92. The third-order valence-electron chi connectivity index (χ3n) is 3.03. The van der Waals surface area contributed by atoms with Crippen LogP contribution in [0.15, 0.2) is 24.3 Å². The van der Waals surface area contributed by atoms with Crippen LogP contribution in [0.1, 0.15) is 35.7 Å². The second-order valence-corrected chi connectivity index (χ2v) is 4.51. The third-order valence-corrected chi connectivity index (χ3v) is 3.03. The van der Waals surface area contributed by atoms with E-state index < -0.39 is 5.97 Å². The third kappa shape index (κ3) is 2.52. The number of aromatic nitrogens is 2. The monoisotopic (exact) mass is 273 g/mol. The molecule has 106 valence electrons. The number of imidazole rings is 1. The molecule has 20 heavy (non-hydrogen) atoms. The Morgan fingerprint density at radius 1 is 1.40 bits per heavy atom. The molecule has 0 saturated carbocycles. The van der Waals surface area contributed by atoms with Crippen LogP contribution in [0.2, 0.25) is 0 Å². The average Bonchev–Trinajstić information content (AvgIpc) is 2.76. The molecule has 5 heteroatoms. The number of esters is 1. The number of nitrogens with zero attached hydrogens (tertiary/aromatic N) is 2. The minimum atomic E-state index is -0.480. The van der Waals surface area contributed by atoms with Gasteiger partial charge in [-0.25, -0.2) is 9.78 Å². The van der Waals surface area contributed by atoms with Gasteiger partial charge in [-0.2, -0.15) is 0 Å². The smallest absolute Gasteiger partial charge is 0.360 e. The molecule has 2 rings (SSSR count). The molecule has 1 heterocycles. The van der Waals surface area contributed by atoms with Crippen LogP contribution in [0.4, 0.5) is 5.82 Å². The second kappa shape index (κ2) is 5.77. The van der Waals surface area contributed by atoms with Crippen molar-refractivity contribution in [2.24, 2.45) is 0 Å². The first kappa shape index (κ1) is 14.1. The Labute approximate surface area is 118 Å². The van der Waals surface area contributed by atoms with Gasteiger partial charge in [-0.1, -0.05) is 19.1 Å². The fourth-order valence-corrected chi connectivity index (χ4v) is 2.12. The lowest BCUT2D eigenvalue weighted by Crippen LogP contribution is -2.09. The summed E-state index contributed by atoms with van der Waals surface area (Å²) in [7, 11) is 0. The van der Waals surface area contributed by atoms with E-state index >= 15 is 0 Å². The number of carbonyl (C=O) groups is 1. The van der Waals surface area contributed by atoms with Gasteiger partial charge in [-0.3, -0.25) is 4.57 Å². The van der Waals surface area contributed by atoms with Gasteiger partial charge in [0.05, 0.1) is 6.61 Å². The van der Waals surface area contributed by atoms with Gasteiger partial charge in [0.1, 0.15) is 11.6 Å². The summed E-state index contributed by atoms with van der Waals surface area (Å²) in [6.07, 6.45) is 0.678. The normalized spacial score (nSPS) is 10.6. The first-order chi connectivity index (χ1) is 9.58. The first-order valence-electron chi connectivity index (χ1n) is 6.69. The maximum absolute atomic E-state index is 11.9. The van der Waals surface area contributed by atoms with Crippen LogP contribution >= 0.6 is 0 Å². The zero-order valence-electron chi connectivity index (χ0n) is 12.0. The molecule has 0 bridgehead atoms. The molecule has 0 unspecified atom stereocenters. The Morgan fingerprint density at radius 3 is 2.75 bits per heavy atom. The van der Waals surface area contributed by atoms with Crippen LogP contribution in [0.5, 0.6) is 0 Å². The van der Waals surface area contributed by atoms with Gasteiger partial charge in [0.2, 0.25) is 0 Å². The van der Waals surface area contributed by atoms with Gasteiger partial charge in [-0.15, -0.1) is 0 Å². The van der Waals surface area contributed by atoms with Gasteiger partial charge >= 0.3 is 5.97 Å². The molecular weight excluding hydrogens is 254 g/mol. The van der Waals surface area contributed by atoms with E-state index in [9.17, 15) is 4.79 Å².